The van der Waals surface area contributed by atoms with Crippen molar-refractivity contribution in [2.75, 3.05) is 6.61 Å². The molecule has 1 rings (SSSR count). The van der Waals surface area contributed by atoms with Gasteiger partial charge in [-0.15, -0.1) is 0 Å². The average Bonchev–Trinajstić information content (AvgIpc) is 2.45. The van der Waals surface area contributed by atoms with Crippen molar-refractivity contribution in [2.45, 2.75) is 57.0 Å². The first kappa shape index (κ1) is 12.9. The molecule has 0 saturated heterocycles. The molecule has 0 aromatic rings. The first-order chi connectivity index (χ1) is 6.88. The molecule has 0 N–H and O–H groups in total. The molecule has 0 heterocycles. The third-order valence-electron chi connectivity index (χ3n) is 2.59. The van der Waals surface area contributed by atoms with Crippen molar-refractivity contribution >= 4 is 17.7 Å². The van der Waals surface area contributed by atoms with Gasteiger partial charge < -0.3 is 4.74 Å². The molecule has 1 fully saturated rings. The number of hydrogen-bond donors (Lipinski definition) is 0. The predicted molar refractivity (Wildman–Crippen MR) is 65.1 cm³/mol. The number of rotatable bonds is 3. The fourth-order valence-electron chi connectivity index (χ4n) is 2.03. The Morgan fingerprint density at radius 3 is 2.60 bits per heavy atom. The summed E-state index contributed by atoms with van der Waals surface area (Å²) < 4.78 is 5.43. The Bertz CT molecular complexity index is 220. The van der Waals surface area contributed by atoms with Gasteiger partial charge in [0.05, 0.1) is 6.61 Å². The van der Waals surface area contributed by atoms with E-state index in [1.165, 1.54) is 26.2 Å². The fourth-order valence-corrected chi connectivity index (χ4v) is 3.63. The van der Waals surface area contributed by atoms with Crippen LogP contribution in [0, 0.1) is 5.92 Å². The average molecular weight is 230 g/mol. The van der Waals surface area contributed by atoms with E-state index < -0.39 is 0 Å². The number of ether oxygens (including phenoxy) is 1. The zero-order chi connectivity index (χ0) is 11.5. The van der Waals surface area contributed by atoms with E-state index in [2.05, 4.69) is 20.8 Å². The summed E-state index contributed by atoms with van der Waals surface area (Å²) in [7, 11) is 0. The summed E-state index contributed by atoms with van der Waals surface area (Å²) >= 11 is 2.03. The van der Waals surface area contributed by atoms with Gasteiger partial charge in [-0.3, -0.25) is 4.79 Å². The molecular weight excluding hydrogens is 208 g/mol. The van der Waals surface area contributed by atoms with Gasteiger partial charge in [0, 0.05) is 22.8 Å². The van der Waals surface area contributed by atoms with E-state index in [0.29, 0.717) is 22.5 Å². The second kappa shape index (κ2) is 5.24. The molecule has 1 aliphatic rings. The summed E-state index contributed by atoms with van der Waals surface area (Å²) in [5.74, 6) is 0.416. The lowest BCUT2D eigenvalue weighted by Gasteiger charge is -2.26. The molecule has 15 heavy (non-hydrogen) atoms. The highest BCUT2D eigenvalue weighted by molar-refractivity contribution is 8.01. The number of carbonyl (C=O) groups excluding carboxylic acids is 1. The second-order valence-corrected chi connectivity index (χ2v) is 7.33. The Morgan fingerprint density at radius 2 is 2.07 bits per heavy atom. The van der Waals surface area contributed by atoms with Crippen LogP contribution in [-0.4, -0.2) is 22.6 Å². The SMILES string of the molecule is CC(=O)OCC1CCCC1SC(C)(C)C. The van der Waals surface area contributed by atoms with Gasteiger partial charge in [-0.2, -0.15) is 11.8 Å². The van der Waals surface area contributed by atoms with Gasteiger partial charge in [0.2, 0.25) is 0 Å². The van der Waals surface area contributed by atoms with E-state index in [-0.39, 0.29) is 5.97 Å². The van der Waals surface area contributed by atoms with Crippen LogP contribution < -0.4 is 0 Å². The topological polar surface area (TPSA) is 26.3 Å². The molecule has 1 saturated carbocycles. The Kier molecular flexibility index (Phi) is 4.50. The quantitative estimate of drug-likeness (QED) is 0.696. The fraction of sp³-hybridized carbons (Fsp3) is 0.917. The summed E-state index contributed by atoms with van der Waals surface area (Å²) in [6, 6.07) is 0. The van der Waals surface area contributed by atoms with Gasteiger partial charge in [0.15, 0.2) is 0 Å². The lowest BCUT2D eigenvalue weighted by molar-refractivity contribution is -0.142. The number of thioether (sulfide) groups is 1. The van der Waals surface area contributed by atoms with Gasteiger partial charge in [-0.1, -0.05) is 27.2 Å². The van der Waals surface area contributed by atoms with E-state index in [4.69, 9.17) is 4.74 Å². The van der Waals surface area contributed by atoms with Crippen LogP contribution in [0.4, 0.5) is 0 Å². The summed E-state index contributed by atoms with van der Waals surface area (Å²) in [5, 5.41) is 0.671. The van der Waals surface area contributed by atoms with Gasteiger partial charge >= 0.3 is 5.97 Å². The molecule has 0 aromatic heterocycles. The van der Waals surface area contributed by atoms with Crippen molar-refractivity contribution in [3.63, 3.8) is 0 Å². The minimum atomic E-state index is -0.151. The molecule has 0 bridgehead atoms. The summed E-state index contributed by atoms with van der Waals surface area (Å²) in [4.78, 5) is 10.8. The number of esters is 1. The molecular formula is C12H22O2S. The van der Waals surface area contributed by atoms with Gasteiger partial charge in [-0.25, -0.2) is 0 Å². The zero-order valence-corrected chi connectivity index (χ0v) is 11.0. The highest BCUT2D eigenvalue weighted by Gasteiger charge is 2.31. The van der Waals surface area contributed by atoms with Crippen LogP contribution in [0.3, 0.4) is 0 Å². The van der Waals surface area contributed by atoms with Crippen molar-refractivity contribution in [1.29, 1.82) is 0 Å². The Labute approximate surface area is 97.1 Å². The second-order valence-electron chi connectivity index (χ2n) is 5.26. The highest BCUT2D eigenvalue weighted by Crippen LogP contribution is 2.41. The van der Waals surface area contributed by atoms with E-state index in [9.17, 15) is 4.79 Å². The zero-order valence-electron chi connectivity index (χ0n) is 10.2. The first-order valence-corrected chi connectivity index (χ1v) is 6.57. The largest absolute Gasteiger partial charge is 0.466 e. The molecule has 2 unspecified atom stereocenters. The smallest absolute Gasteiger partial charge is 0.302 e. The lowest BCUT2D eigenvalue weighted by atomic mass is 10.1. The van der Waals surface area contributed by atoms with E-state index in [1.807, 2.05) is 11.8 Å². The monoisotopic (exact) mass is 230 g/mol. The van der Waals surface area contributed by atoms with Crippen molar-refractivity contribution in [2.24, 2.45) is 5.92 Å². The molecule has 0 aliphatic heterocycles. The van der Waals surface area contributed by atoms with E-state index in [1.54, 1.807) is 0 Å². The van der Waals surface area contributed by atoms with Crippen molar-refractivity contribution in [3.05, 3.63) is 0 Å². The number of carbonyl (C=O) groups is 1. The van der Waals surface area contributed by atoms with Crippen LogP contribution in [0.1, 0.15) is 47.0 Å². The van der Waals surface area contributed by atoms with Crippen LogP contribution >= 0.6 is 11.8 Å². The van der Waals surface area contributed by atoms with Crippen LogP contribution in [0.15, 0.2) is 0 Å². The van der Waals surface area contributed by atoms with Gasteiger partial charge in [0.25, 0.3) is 0 Å². The molecule has 3 heteroatoms. The predicted octanol–water partition coefficient (Wildman–Crippen LogP) is 3.25. The third kappa shape index (κ3) is 4.92. The van der Waals surface area contributed by atoms with Crippen molar-refractivity contribution < 1.29 is 9.53 Å². The van der Waals surface area contributed by atoms with Gasteiger partial charge in [-0.05, 0) is 12.8 Å². The molecule has 1 aliphatic carbocycles. The minimum Gasteiger partial charge on any atom is -0.466 e. The molecule has 2 atom stereocenters. The summed E-state index contributed by atoms with van der Waals surface area (Å²) in [6.45, 7) is 8.85. The molecule has 0 amide bonds. The Morgan fingerprint density at radius 1 is 1.40 bits per heavy atom. The normalized spacial score (nSPS) is 26.7. The van der Waals surface area contributed by atoms with Crippen molar-refractivity contribution in [1.82, 2.24) is 0 Å². The highest BCUT2D eigenvalue weighted by atomic mass is 32.2. The van der Waals surface area contributed by atoms with Crippen LogP contribution in [0.5, 0.6) is 0 Å². The summed E-state index contributed by atoms with van der Waals surface area (Å²) in [6.07, 6.45) is 3.76. The standard InChI is InChI=1S/C12H22O2S/c1-9(13)14-8-10-6-5-7-11(10)15-12(2,3)4/h10-11H,5-8H2,1-4H3. The first-order valence-electron chi connectivity index (χ1n) is 5.69. The van der Waals surface area contributed by atoms with E-state index in [0.717, 1.165) is 0 Å². The molecule has 0 radical (unpaired) electrons. The van der Waals surface area contributed by atoms with Crippen LogP contribution in [0.25, 0.3) is 0 Å². The minimum absolute atomic E-state index is 0.151. The molecule has 88 valence electrons. The Hall–Kier alpha value is -0.180. The molecule has 0 aromatic carbocycles. The summed E-state index contributed by atoms with van der Waals surface area (Å²) in [5.41, 5.74) is 0. The van der Waals surface area contributed by atoms with Crippen LogP contribution in [0.2, 0.25) is 0 Å². The third-order valence-corrected chi connectivity index (χ3v) is 4.23. The van der Waals surface area contributed by atoms with Gasteiger partial charge in [0.1, 0.15) is 0 Å². The maximum Gasteiger partial charge on any atom is 0.302 e. The van der Waals surface area contributed by atoms with E-state index >= 15 is 0 Å². The maximum atomic E-state index is 10.8. The van der Waals surface area contributed by atoms with Crippen LogP contribution in [-0.2, 0) is 9.53 Å². The number of hydrogen-bond acceptors (Lipinski definition) is 3. The molecule has 2 nitrogen and oxygen atoms in total. The lowest BCUT2D eigenvalue weighted by Crippen LogP contribution is -2.23. The molecule has 0 spiro atoms. The van der Waals surface area contributed by atoms with Crippen molar-refractivity contribution in [3.8, 4) is 0 Å². The maximum absolute atomic E-state index is 10.8. The Balaban J connectivity index is 2.39.